The van der Waals surface area contributed by atoms with Gasteiger partial charge in [-0.2, -0.15) is 0 Å². The minimum atomic E-state index is -3.26. The van der Waals surface area contributed by atoms with Crippen molar-refractivity contribution in [3.63, 3.8) is 0 Å². The normalized spacial score (nSPS) is 12.6. The number of nitrogens with zero attached hydrogens (tertiary/aromatic N) is 1. The van der Waals surface area contributed by atoms with E-state index in [4.69, 9.17) is 0 Å². The second kappa shape index (κ2) is 7.09. The average Bonchev–Trinajstić information content (AvgIpc) is 2.34. The van der Waals surface area contributed by atoms with Gasteiger partial charge in [0.2, 0.25) is 0 Å². The smallest absolute Gasteiger partial charge is 0.178 e. The Hall–Kier alpha value is -1.07. The number of phenols is 1. The molecule has 1 aromatic carbocycles. The minimum absolute atomic E-state index is 0.0785. The van der Waals surface area contributed by atoms with Crippen molar-refractivity contribution in [3.05, 3.63) is 24.3 Å². The molecule has 0 atom stereocenters. The lowest BCUT2D eigenvalue weighted by molar-refractivity contribution is 0.176. The Morgan fingerprint density at radius 3 is 2.00 bits per heavy atom. The third-order valence-corrected chi connectivity index (χ3v) is 5.17. The Labute approximate surface area is 122 Å². The molecule has 114 valence electrons. The molecule has 20 heavy (non-hydrogen) atoms. The molecule has 0 bridgehead atoms. The van der Waals surface area contributed by atoms with Gasteiger partial charge in [0.1, 0.15) is 5.75 Å². The van der Waals surface area contributed by atoms with Crippen molar-refractivity contribution in [1.82, 2.24) is 4.90 Å². The van der Waals surface area contributed by atoms with Crippen LogP contribution in [0.1, 0.15) is 34.1 Å². The van der Waals surface area contributed by atoms with E-state index in [1.54, 1.807) is 0 Å². The van der Waals surface area contributed by atoms with E-state index in [0.29, 0.717) is 18.5 Å². The Morgan fingerprint density at radius 2 is 1.55 bits per heavy atom. The zero-order valence-corrected chi connectivity index (χ0v) is 13.5. The summed E-state index contributed by atoms with van der Waals surface area (Å²) in [6.45, 7) is 9.25. The SMILES string of the molecule is CC(C)N(CCCS(=O)(=O)c1ccc(O)cc1)C(C)C. The van der Waals surface area contributed by atoms with Gasteiger partial charge in [-0.05, 0) is 64.9 Å². The maximum absolute atomic E-state index is 12.2. The molecule has 0 radical (unpaired) electrons. The number of sulfone groups is 1. The van der Waals surface area contributed by atoms with Crippen molar-refractivity contribution < 1.29 is 13.5 Å². The predicted molar refractivity (Wildman–Crippen MR) is 81.8 cm³/mol. The molecule has 5 heteroatoms. The largest absolute Gasteiger partial charge is 0.508 e. The Kier molecular flexibility index (Phi) is 6.02. The molecular weight excluding hydrogens is 274 g/mol. The van der Waals surface area contributed by atoms with Crippen LogP contribution in [0.15, 0.2) is 29.2 Å². The van der Waals surface area contributed by atoms with Gasteiger partial charge in [-0.25, -0.2) is 8.42 Å². The van der Waals surface area contributed by atoms with Gasteiger partial charge in [0.15, 0.2) is 9.84 Å². The molecule has 0 aliphatic carbocycles. The lowest BCUT2D eigenvalue weighted by atomic mass is 10.2. The van der Waals surface area contributed by atoms with Crippen LogP contribution in [0.25, 0.3) is 0 Å². The van der Waals surface area contributed by atoms with Gasteiger partial charge in [0, 0.05) is 12.1 Å². The van der Waals surface area contributed by atoms with Gasteiger partial charge in [-0.15, -0.1) is 0 Å². The van der Waals surface area contributed by atoms with Gasteiger partial charge >= 0.3 is 0 Å². The summed E-state index contributed by atoms with van der Waals surface area (Å²) in [5, 5.41) is 9.19. The van der Waals surface area contributed by atoms with Crippen molar-refractivity contribution in [2.24, 2.45) is 0 Å². The highest BCUT2D eigenvalue weighted by molar-refractivity contribution is 7.91. The van der Waals surface area contributed by atoms with E-state index >= 15 is 0 Å². The third kappa shape index (κ3) is 4.80. The fourth-order valence-corrected chi connectivity index (χ4v) is 3.62. The summed E-state index contributed by atoms with van der Waals surface area (Å²) < 4.78 is 24.3. The lowest BCUT2D eigenvalue weighted by Crippen LogP contribution is -2.38. The van der Waals surface area contributed by atoms with E-state index in [9.17, 15) is 13.5 Å². The van der Waals surface area contributed by atoms with Gasteiger partial charge in [-0.1, -0.05) is 0 Å². The van der Waals surface area contributed by atoms with Gasteiger partial charge in [0.05, 0.1) is 10.6 Å². The average molecular weight is 299 g/mol. The van der Waals surface area contributed by atoms with Crippen molar-refractivity contribution >= 4 is 9.84 Å². The molecule has 0 spiro atoms. The van der Waals surface area contributed by atoms with Crippen LogP contribution in [0, 0.1) is 0 Å². The van der Waals surface area contributed by atoms with Crippen LogP contribution >= 0.6 is 0 Å². The van der Waals surface area contributed by atoms with E-state index < -0.39 is 9.84 Å². The van der Waals surface area contributed by atoms with E-state index in [1.165, 1.54) is 24.3 Å². The number of aromatic hydroxyl groups is 1. The second-order valence-corrected chi connectivity index (χ2v) is 7.70. The van der Waals surface area contributed by atoms with Gasteiger partial charge in [-0.3, -0.25) is 4.90 Å². The molecule has 1 aromatic rings. The number of phenolic OH excluding ortho intramolecular Hbond substituents is 1. The fraction of sp³-hybridized carbons (Fsp3) is 0.600. The Balaban J connectivity index is 2.62. The maximum Gasteiger partial charge on any atom is 0.178 e. The molecule has 0 aliphatic rings. The zero-order valence-electron chi connectivity index (χ0n) is 12.7. The first-order valence-corrected chi connectivity index (χ1v) is 8.67. The van der Waals surface area contributed by atoms with Crippen molar-refractivity contribution in [2.75, 3.05) is 12.3 Å². The number of hydrogen-bond donors (Lipinski definition) is 1. The topological polar surface area (TPSA) is 57.6 Å². The highest BCUT2D eigenvalue weighted by atomic mass is 32.2. The zero-order chi connectivity index (χ0) is 15.3. The van der Waals surface area contributed by atoms with E-state index in [1.807, 2.05) is 0 Å². The van der Waals surface area contributed by atoms with E-state index in [2.05, 4.69) is 32.6 Å². The molecule has 0 saturated carbocycles. The first kappa shape index (κ1) is 17.0. The molecule has 0 fully saturated rings. The van der Waals surface area contributed by atoms with Crippen LogP contribution in [0.5, 0.6) is 5.75 Å². The molecule has 1 rings (SSSR count). The predicted octanol–water partition coefficient (Wildman–Crippen LogP) is 2.67. The van der Waals surface area contributed by atoms with Crippen LogP contribution in [-0.4, -0.2) is 42.8 Å². The lowest BCUT2D eigenvalue weighted by Gasteiger charge is -2.30. The summed E-state index contributed by atoms with van der Waals surface area (Å²) >= 11 is 0. The van der Waals surface area contributed by atoms with Crippen LogP contribution in [0.4, 0.5) is 0 Å². The third-order valence-electron chi connectivity index (χ3n) is 3.35. The van der Waals surface area contributed by atoms with Gasteiger partial charge < -0.3 is 5.11 Å². The quantitative estimate of drug-likeness (QED) is 0.841. The summed E-state index contributed by atoms with van der Waals surface area (Å²) in [6, 6.07) is 6.53. The maximum atomic E-state index is 12.2. The molecule has 0 amide bonds. The van der Waals surface area contributed by atoms with Crippen LogP contribution in [0.3, 0.4) is 0 Å². The molecular formula is C15H25NO3S. The van der Waals surface area contributed by atoms with Crippen LogP contribution in [0.2, 0.25) is 0 Å². The van der Waals surface area contributed by atoms with Crippen molar-refractivity contribution in [2.45, 2.75) is 51.1 Å². The minimum Gasteiger partial charge on any atom is -0.508 e. The van der Waals surface area contributed by atoms with E-state index in [0.717, 1.165) is 6.54 Å². The summed E-state index contributed by atoms with van der Waals surface area (Å²) in [6.07, 6.45) is 0.611. The second-order valence-electron chi connectivity index (χ2n) is 5.59. The molecule has 1 N–H and O–H groups in total. The Bertz CT molecular complexity index is 498. The molecule has 0 aromatic heterocycles. The van der Waals surface area contributed by atoms with E-state index in [-0.39, 0.29) is 16.4 Å². The highest BCUT2D eigenvalue weighted by Gasteiger charge is 2.17. The monoisotopic (exact) mass is 299 g/mol. The number of rotatable bonds is 7. The molecule has 0 heterocycles. The molecule has 0 unspecified atom stereocenters. The summed E-state index contributed by atoms with van der Waals surface area (Å²) in [7, 11) is -3.26. The molecule has 4 nitrogen and oxygen atoms in total. The Morgan fingerprint density at radius 1 is 1.05 bits per heavy atom. The number of benzene rings is 1. The molecule has 0 saturated heterocycles. The highest BCUT2D eigenvalue weighted by Crippen LogP contribution is 2.17. The number of hydrogen-bond acceptors (Lipinski definition) is 4. The fourth-order valence-electron chi connectivity index (χ4n) is 2.32. The first-order chi connectivity index (χ1) is 9.24. The first-order valence-electron chi connectivity index (χ1n) is 7.01. The standard InChI is InChI=1S/C15H25NO3S/c1-12(2)16(13(3)4)10-5-11-20(18,19)15-8-6-14(17)7-9-15/h6-9,12-13,17H,5,10-11H2,1-4H3. The summed E-state index contributed by atoms with van der Waals surface area (Å²) in [5.74, 6) is 0.211. The summed E-state index contributed by atoms with van der Waals surface area (Å²) in [4.78, 5) is 2.56. The van der Waals surface area contributed by atoms with Crippen molar-refractivity contribution in [1.29, 1.82) is 0 Å². The van der Waals surface area contributed by atoms with Crippen LogP contribution in [-0.2, 0) is 9.84 Å². The van der Waals surface area contributed by atoms with Crippen molar-refractivity contribution in [3.8, 4) is 5.75 Å². The molecule has 0 aliphatic heterocycles. The van der Waals surface area contributed by atoms with Gasteiger partial charge in [0.25, 0.3) is 0 Å². The van der Waals surface area contributed by atoms with Crippen LogP contribution < -0.4 is 0 Å². The summed E-state index contributed by atoms with van der Waals surface area (Å²) in [5.41, 5.74) is 0.